The summed E-state index contributed by atoms with van der Waals surface area (Å²) in [7, 11) is 0. The molecule has 22 heavy (non-hydrogen) atoms. The predicted molar refractivity (Wildman–Crippen MR) is 88.5 cm³/mol. The zero-order valence-electron chi connectivity index (χ0n) is 12.6. The summed E-state index contributed by atoms with van der Waals surface area (Å²) in [5, 5.41) is 2.66. The summed E-state index contributed by atoms with van der Waals surface area (Å²) in [4.78, 5) is 15.8. The number of hydrogen-bond donors (Lipinski definition) is 2. The molecule has 0 fully saturated rings. The number of ether oxygens (including phenoxy) is 1. The highest BCUT2D eigenvalue weighted by Crippen LogP contribution is 2.16. The molecule has 0 saturated heterocycles. The lowest BCUT2D eigenvalue weighted by Gasteiger charge is -2.09. The van der Waals surface area contributed by atoms with E-state index in [9.17, 15) is 4.79 Å². The molecule has 0 spiro atoms. The molecule has 5 nitrogen and oxygen atoms in total. The Labute approximate surface area is 129 Å². The maximum absolute atomic E-state index is 11.8. The minimum Gasteiger partial charge on any atom is -0.491 e. The number of carbonyl (C=O) groups is 1. The number of benzene rings is 1. The Bertz CT molecular complexity index is 664. The highest BCUT2D eigenvalue weighted by Gasteiger charge is 2.00. The number of rotatable bonds is 5. The lowest BCUT2D eigenvalue weighted by atomic mass is 10.2. The first-order valence-corrected chi connectivity index (χ1v) is 7.00. The Hall–Kier alpha value is -2.82. The molecule has 5 heteroatoms. The van der Waals surface area contributed by atoms with Gasteiger partial charge in [-0.05, 0) is 49.8 Å². The van der Waals surface area contributed by atoms with Crippen molar-refractivity contribution in [3.8, 4) is 5.75 Å². The highest BCUT2D eigenvalue weighted by atomic mass is 16.5. The van der Waals surface area contributed by atoms with E-state index in [0.29, 0.717) is 11.5 Å². The minimum atomic E-state index is -0.257. The van der Waals surface area contributed by atoms with Gasteiger partial charge < -0.3 is 15.8 Å². The van der Waals surface area contributed by atoms with Gasteiger partial charge in [0.15, 0.2) is 0 Å². The van der Waals surface area contributed by atoms with Gasteiger partial charge >= 0.3 is 0 Å². The lowest BCUT2D eigenvalue weighted by molar-refractivity contribution is -0.111. The average molecular weight is 297 g/mol. The van der Waals surface area contributed by atoms with Crippen molar-refractivity contribution in [3.05, 3.63) is 54.2 Å². The van der Waals surface area contributed by atoms with Gasteiger partial charge in [-0.3, -0.25) is 4.79 Å². The average Bonchev–Trinajstić information content (AvgIpc) is 2.47. The third-order valence-corrected chi connectivity index (χ3v) is 2.69. The lowest BCUT2D eigenvalue weighted by Crippen LogP contribution is -2.09. The molecule has 114 valence electrons. The molecular formula is C17H19N3O2. The molecule has 2 rings (SSSR count). The molecule has 1 heterocycles. The van der Waals surface area contributed by atoms with E-state index in [0.717, 1.165) is 11.3 Å². The molecule has 0 aliphatic rings. The molecule has 0 aliphatic heterocycles. The van der Waals surface area contributed by atoms with Crippen molar-refractivity contribution < 1.29 is 9.53 Å². The number of carbonyl (C=O) groups excluding carboxylic acids is 1. The van der Waals surface area contributed by atoms with Gasteiger partial charge in [0.1, 0.15) is 11.6 Å². The first-order chi connectivity index (χ1) is 10.5. The van der Waals surface area contributed by atoms with E-state index in [1.807, 2.05) is 38.1 Å². The van der Waals surface area contributed by atoms with Gasteiger partial charge in [0, 0.05) is 6.08 Å². The third-order valence-electron chi connectivity index (χ3n) is 2.69. The number of aromatic nitrogens is 1. The Morgan fingerprint density at radius 1 is 1.32 bits per heavy atom. The Balaban J connectivity index is 1.98. The summed E-state index contributed by atoms with van der Waals surface area (Å²) < 4.78 is 5.61. The number of nitrogens with one attached hydrogen (secondary N) is 1. The van der Waals surface area contributed by atoms with Crippen LogP contribution in [-0.4, -0.2) is 17.0 Å². The second-order valence-electron chi connectivity index (χ2n) is 5.04. The summed E-state index contributed by atoms with van der Waals surface area (Å²) in [5.74, 6) is 0.978. The van der Waals surface area contributed by atoms with Crippen LogP contribution in [0, 0.1) is 0 Å². The largest absolute Gasteiger partial charge is 0.491 e. The van der Waals surface area contributed by atoms with Crippen LogP contribution in [0.4, 0.5) is 11.5 Å². The first kappa shape index (κ1) is 15.6. The molecule has 3 N–H and O–H groups in total. The molecule has 0 aliphatic carbocycles. The molecule has 1 amide bonds. The number of pyridine rings is 1. The second-order valence-corrected chi connectivity index (χ2v) is 5.04. The standard InChI is InChI=1S/C17H19N3O2/c1-12(2)22-15-5-3-4-13(10-15)6-9-17(21)20-16-8-7-14(18)11-19-16/h3-12H,18H2,1-2H3,(H,19,20,21)/b9-6+. The zero-order valence-corrected chi connectivity index (χ0v) is 12.6. The van der Waals surface area contributed by atoms with Gasteiger partial charge in [-0.25, -0.2) is 4.98 Å². The summed E-state index contributed by atoms with van der Waals surface area (Å²) in [6.07, 6.45) is 4.78. The Morgan fingerprint density at radius 3 is 2.82 bits per heavy atom. The Morgan fingerprint density at radius 2 is 2.14 bits per heavy atom. The molecule has 0 saturated carbocycles. The fraction of sp³-hybridized carbons (Fsp3) is 0.176. The van der Waals surface area contributed by atoms with E-state index in [2.05, 4.69) is 10.3 Å². The topological polar surface area (TPSA) is 77.2 Å². The fourth-order valence-corrected chi connectivity index (χ4v) is 1.78. The van der Waals surface area contributed by atoms with Crippen molar-refractivity contribution in [1.82, 2.24) is 4.98 Å². The maximum atomic E-state index is 11.8. The monoisotopic (exact) mass is 297 g/mol. The van der Waals surface area contributed by atoms with E-state index in [1.54, 1.807) is 18.2 Å². The first-order valence-electron chi connectivity index (χ1n) is 7.00. The smallest absolute Gasteiger partial charge is 0.249 e. The maximum Gasteiger partial charge on any atom is 0.249 e. The number of hydrogen-bond acceptors (Lipinski definition) is 4. The molecule has 2 aromatic rings. The molecule has 0 unspecified atom stereocenters. The third kappa shape index (κ3) is 4.94. The van der Waals surface area contributed by atoms with Crippen molar-refractivity contribution in [1.29, 1.82) is 0 Å². The van der Waals surface area contributed by atoms with E-state index < -0.39 is 0 Å². The quantitative estimate of drug-likeness (QED) is 0.831. The van der Waals surface area contributed by atoms with Crippen molar-refractivity contribution in [2.75, 3.05) is 11.1 Å². The van der Waals surface area contributed by atoms with Crippen molar-refractivity contribution in [3.63, 3.8) is 0 Å². The number of anilines is 2. The summed E-state index contributed by atoms with van der Waals surface area (Å²) >= 11 is 0. The van der Waals surface area contributed by atoms with Crippen LogP contribution in [0.5, 0.6) is 5.75 Å². The van der Waals surface area contributed by atoms with Gasteiger partial charge in [0.05, 0.1) is 18.0 Å². The van der Waals surface area contributed by atoms with Crippen LogP contribution in [0.15, 0.2) is 48.7 Å². The Kier molecular flexibility index (Phi) is 5.14. The normalized spacial score (nSPS) is 10.9. The van der Waals surface area contributed by atoms with Crippen LogP contribution in [0.1, 0.15) is 19.4 Å². The van der Waals surface area contributed by atoms with Crippen LogP contribution < -0.4 is 15.8 Å². The molecule has 0 atom stereocenters. The minimum absolute atomic E-state index is 0.110. The molecule has 0 bridgehead atoms. The van der Waals surface area contributed by atoms with Gasteiger partial charge in [-0.2, -0.15) is 0 Å². The van der Waals surface area contributed by atoms with Crippen molar-refractivity contribution >= 4 is 23.5 Å². The second kappa shape index (κ2) is 7.26. The summed E-state index contributed by atoms with van der Waals surface area (Å²) in [6, 6.07) is 10.9. The van der Waals surface area contributed by atoms with E-state index in [4.69, 9.17) is 10.5 Å². The van der Waals surface area contributed by atoms with Gasteiger partial charge in [0.25, 0.3) is 0 Å². The predicted octanol–water partition coefficient (Wildman–Crippen LogP) is 3.10. The van der Waals surface area contributed by atoms with Crippen LogP contribution >= 0.6 is 0 Å². The van der Waals surface area contributed by atoms with E-state index in [-0.39, 0.29) is 12.0 Å². The highest BCUT2D eigenvalue weighted by molar-refractivity contribution is 6.01. The van der Waals surface area contributed by atoms with Crippen molar-refractivity contribution in [2.45, 2.75) is 20.0 Å². The van der Waals surface area contributed by atoms with E-state index >= 15 is 0 Å². The van der Waals surface area contributed by atoms with Crippen LogP contribution in [0.2, 0.25) is 0 Å². The molecule has 1 aromatic heterocycles. The zero-order chi connectivity index (χ0) is 15.9. The van der Waals surface area contributed by atoms with E-state index in [1.165, 1.54) is 12.3 Å². The van der Waals surface area contributed by atoms with Gasteiger partial charge in [-0.15, -0.1) is 0 Å². The number of amides is 1. The van der Waals surface area contributed by atoms with Crippen LogP contribution in [-0.2, 0) is 4.79 Å². The number of nitrogen functional groups attached to an aromatic ring is 1. The SMILES string of the molecule is CC(C)Oc1cccc(/C=C/C(=O)Nc2ccc(N)cn2)c1. The fourth-order valence-electron chi connectivity index (χ4n) is 1.78. The summed E-state index contributed by atoms with van der Waals surface area (Å²) in [5.41, 5.74) is 6.98. The van der Waals surface area contributed by atoms with Gasteiger partial charge in [-0.1, -0.05) is 12.1 Å². The van der Waals surface area contributed by atoms with Crippen LogP contribution in [0.3, 0.4) is 0 Å². The van der Waals surface area contributed by atoms with Crippen molar-refractivity contribution in [2.24, 2.45) is 0 Å². The molecular weight excluding hydrogens is 278 g/mol. The van der Waals surface area contributed by atoms with Gasteiger partial charge in [0.2, 0.25) is 5.91 Å². The number of nitrogens with zero attached hydrogens (tertiary/aromatic N) is 1. The van der Waals surface area contributed by atoms with Crippen LogP contribution in [0.25, 0.3) is 6.08 Å². The summed E-state index contributed by atoms with van der Waals surface area (Å²) in [6.45, 7) is 3.94. The molecule has 0 radical (unpaired) electrons. The number of nitrogens with two attached hydrogens (primary N) is 1. The molecule has 1 aromatic carbocycles.